The number of carbonyl (C=O) groups is 2. The molecule has 0 fully saturated rings. The average Bonchev–Trinajstić information content (AvgIpc) is 2.53. The van der Waals surface area contributed by atoms with Crippen LogP contribution in [-0.2, 0) is 11.3 Å². The average molecular weight is 341 g/mol. The van der Waals surface area contributed by atoms with Crippen LogP contribution in [0.3, 0.4) is 0 Å². The highest BCUT2D eigenvalue weighted by atomic mass is 16.2. The van der Waals surface area contributed by atoms with Gasteiger partial charge in [0, 0.05) is 30.8 Å². The number of rotatable bonds is 5. The molecule has 2 rings (SSSR count). The molecule has 2 aromatic rings. The van der Waals surface area contributed by atoms with Crippen molar-refractivity contribution in [3.63, 3.8) is 0 Å². The number of carbonyl (C=O) groups excluding carboxylic acids is 2. The normalized spacial score (nSPS) is 11.0. The maximum Gasteiger partial charge on any atom is 0.253 e. The molecular formula is C19H23N3O3. The van der Waals surface area contributed by atoms with Crippen LogP contribution in [0.15, 0.2) is 53.5 Å². The lowest BCUT2D eigenvalue weighted by Crippen LogP contribution is -2.40. The van der Waals surface area contributed by atoms with Gasteiger partial charge in [0.05, 0.1) is 11.3 Å². The van der Waals surface area contributed by atoms with E-state index < -0.39 is 0 Å². The number of benzene rings is 1. The topological polar surface area (TPSA) is 80.2 Å². The molecule has 0 bridgehead atoms. The van der Waals surface area contributed by atoms with E-state index in [0.717, 1.165) is 0 Å². The first-order chi connectivity index (χ1) is 11.8. The monoisotopic (exact) mass is 341 g/mol. The van der Waals surface area contributed by atoms with Gasteiger partial charge in [0.2, 0.25) is 5.91 Å². The van der Waals surface area contributed by atoms with Crippen LogP contribution in [0.1, 0.15) is 37.6 Å². The van der Waals surface area contributed by atoms with E-state index in [1.807, 2.05) is 20.8 Å². The Morgan fingerprint density at radius 1 is 1.04 bits per heavy atom. The molecule has 0 saturated carbocycles. The highest BCUT2D eigenvalue weighted by molar-refractivity contribution is 6.03. The molecule has 0 radical (unpaired) electrons. The van der Waals surface area contributed by atoms with Crippen molar-refractivity contribution in [1.82, 2.24) is 9.88 Å². The number of amides is 2. The van der Waals surface area contributed by atoms with Crippen LogP contribution in [0.5, 0.6) is 0 Å². The van der Waals surface area contributed by atoms with Crippen LogP contribution in [0.4, 0.5) is 5.69 Å². The predicted molar refractivity (Wildman–Crippen MR) is 97.6 cm³/mol. The Balaban J connectivity index is 2.05. The molecule has 0 aliphatic rings. The standard InChI is InChI=1S/C19H23N3O3/c1-19(2,3)21-18(25)14-8-4-5-9-15(14)20-16(23)11-13-22-12-7-6-10-17(22)24/h4-10,12H,11,13H2,1-3H3,(H,20,23)(H,21,25). The summed E-state index contributed by atoms with van der Waals surface area (Å²) in [6.07, 6.45) is 1.78. The van der Waals surface area contributed by atoms with Gasteiger partial charge in [-0.2, -0.15) is 0 Å². The van der Waals surface area contributed by atoms with Crippen LogP contribution in [-0.4, -0.2) is 21.9 Å². The van der Waals surface area contributed by atoms with Crippen LogP contribution in [0, 0.1) is 0 Å². The van der Waals surface area contributed by atoms with Gasteiger partial charge in [-0.1, -0.05) is 18.2 Å². The second kappa shape index (κ2) is 7.79. The summed E-state index contributed by atoms with van der Waals surface area (Å²) >= 11 is 0. The molecule has 6 heteroatoms. The van der Waals surface area contributed by atoms with Crippen molar-refractivity contribution in [3.8, 4) is 0 Å². The Labute approximate surface area is 146 Å². The van der Waals surface area contributed by atoms with Crippen molar-refractivity contribution < 1.29 is 9.59 Å². The quantitative estimate of drug-likeness (QED) is 0.876. The van der Waals surface area contributed by atoms with E-state index in [0.29, 0.717) is 11.3 Å². The number of hydrogen-bond donors (Lipinski definition) is 2. The Kier molecular flexibility index (Phi) is 5.75. The Morgan fingerprint density at radius 2 is 1.72 bits per heavy atom. The number of pyridine rings is 1. The molecule has 0 atom stereocenters. The minimum Gasteiger partial charge on any atom is -0.347 e. The molecule has 0 spiro atoms. The van der Waals surface area contributed by atoms with E-state index in [9.17, 15) is 14.4 Å². The lowest BCUT2D eigenvalue weighted by atomic mass is 10.1. The van der Waals surface area contributed by atoms with E-state index in [-0.39, 0.29) is 35.9 Å². The van der Waals surface area contributed by atoms with Gasteiger partial charge < -0.3 is 15.2 Å². The fraction of sp³-hybridized carbons (Fsp3) is 0.316. The summed E-state index contributed by atoms with van der Waals surface area (Å²) in [7, 11) is 0. The molecule has 2 amide bonds. The van der Waals surface area contributed by atoms with Crippen molar-refractivity contribution in [2.45, 2.75) is 39.3 Å². The SMILES string of the molecule is CC(C)(C)NC(=O)c1ccccc1NC(=O)CCn1ccccc1=O. The minimum absolute atomic E-state index is 0.138. The summed E-state index contributed by atoms with van der Waals surface area (Å²) in [6.45, 7) is 5.96. The third-order valence-electron chi connectivity index (χ3n) is 3.41. The highest BCUT2D eigenvalue weighted by Gasteiger charge is 2.18. The van der Waals surface area contributed by atoms with Crippen molar-refractivity contribution in [2.24, 2.45) is 0 Å². The van der Waals surface area contributed by atoms with Gasteiger partial charge in [-0.05, 0) is 39.0 Å². The van der Waals surface area contributed by atoms with E-state index >= 15 is 0 Å². The fourth-order valence-corrected chi connectivity index (χ4v) is 2.28. The molecule has 1 aromatic heterocycles. The van der Waals surface area contributed by atoms with Crippen LogP contribution in [0.25, 0.3) is 0 Å². The third kappa shape index (κ3) is 5.60. The van der Waals surface area contributed by atoms with Gasteiger partial charge in [0.25, 0.3) is 11.5 Å². The van der Waals surface area contributed by atoms with Gasteiger partial charge in [-0.3, -0.25) is 14.4 Å². The summed E-state index contributed by atoms with van der Waals surface area (Å²) in [4.78, 5) is 36.2. The van der Waals surface area contributed by atoms with Gasteiger partial charge in [0.15, 0.2) is 0 Å². The lowest BCUT2D eigenvalue weighted by molar-refractivity contribution is -0.116. The molecule has 0 unspecified atom stereocenters. The molecule has 6 nitrogen and oxygen atoms in total. The molecule has 1 heterocycles. The third-order valence-corrected chi connectivity index (χ3v) is 3.41. The zero-order chi connectivity index (χ0) is 18.4. The number of hydrogen-bond acceptors (Lipinski definition) is 3. The maximum absolute atomic E-state index is 12.4. The molecule has 2 N–H and O–H groups in total. The van der Waals surface area contributed by atoms with Gasteiger partial charge in [-0.15, -0.1) is 0 Å². The van der Waals surface area contributed by atoms with Crippen LogP contribution in [0.2, 0.25) is 0 Å². The maximum atomic E-state index is 12.4. The van der Waals surface area contributed by atoms with Crippen molar-refractivity contribution >= 4 is 17.5 Å². The first-order valence-corrected chi connectivity index (χ1v) is 8.13. The Bertz CT molecular complexity index is 819. The van der Waals surface area contributed by atoms with Gasteiger partial charge >= 0.3 is 0 Å². The molecule has 25 heavy (non-hydrogen) atoms. The zero-order valence-corrected chi connectivity index (χ0v) is 14.7. The summed E-state index contributed by atoms with van der Waals surface area (Å²) < 4.78 is 1.47. The Hall–Kier alpha value is -2.89. The van der Waals surface area contributed by atoms with E-state index in [2.05, 4.69) is 10.6 Å². The van der Waals surface area contributed by atoms with E-state index in [1.165, 1.54) is 10.6 Å². The summed E-state index contributed by atoms with van der Waals surface area (Å²) in [5, 5.41) is 5.63. The number of para-hydroxylation sites is 1. The lowest BCUT2D eigenvalue weighted by Gasteiger charge is -2.21. The van der Waals surface area contributed by atoms with Crippen LogP contribution >= 0.6 is 0 Å². The van der Waals surface area contributed by atoms with E-state index in [4.69, 9.17) is 0 Å². The van der Waals surface area contributed by atoms with Crippen LogP contribution < -0.4 is 16.2 Å². The number of aryl methyl sites for hydroxylation is 1. The molecule has 0 aliphatic carbocycles. The first kappa shape index (κ1) is 18.4. The molecule has 132 valence electrons. The number of anilines is 1. The Morgan fingerprint density at radius 3 is 2.40 bits per heavy atom. The molecule has 0 saturated heterocycles. The second-order valence-corrected chi connectivity index (χ2v) is 6.78. The predicted octanol–water partition coefficient (Wildman–Crippen LogP) is 2.41. The van der Waals surface area contributed by atoms with Gasteiger partial charge in [0.1, 0.15) is 0 Å². The van der Waals surface area contributed by atoms with E-state index in [1.54, 1.807) is 42.6 Å². The van der Waals surface area contributed by atoms with Crippen molar-refractivity contribution in [3.05, 3.63) is 64.6 Å². The number of nitrogens with zero attached hydrogens (tertiary/aromatic N) is 1. The smallest absolute Gasteiger partial charge is 0.253 e. The number of nitrogens with one attached hydrogen (secondary N) is 2. The number of aromatic nitrogens is 1. The summed E-state index contributed by atoms with van der Waals surface area (Å²) in [6, 6.07) is 11.7. The van der Waals surface area contributed by atoms with Crippen molar-refractivity contribution in [2.75, 3.05) is 5.32 Å². The first-order valence-electron chi connectivity index (χ1n) is 8.13. The second-order valence-electron chi connectivity index (χ2n) is 6.78. The molecule has 1 aromatic carbocycles. The largest absolute Gasteiger partial charge is 0.347 e. The summed E-state index contributed by atoms with van der Waals surface area (Å²) in [5.74, 6) is -0.505. The minimum atomic E-state index is -0.372. The highest BCUT2D eigenvalue weighted by Crippen LogP contribution is 2.16. The summed E-state index contributed by atoms with van der Waals surface area (Å²) in [5.41, 5.74) is 0.334. The van der Waals surface area contributed by atoms with Gasteiger partial charge in [-0.25, -0.2) is 0 Å². The zero-order valence-electron chi connectivity index (χ0n) is 14.7. The van der Waals surface area contributed by atoms with Crippen molar-refractivity contribution in [1.29, 1.82) is 0 Å². The molecular weight excluding hydrogens is 318 g/mol. The molecule has 0 aliphatic heterocycles. The fourth-order valence-electron chi connectivity index (χ4n) is 2.28.